The van der Waals surface area contributed by atoms with E-state index in [1.807, 2.05) is 0 Å². The summed E-state index contributed by atoms with van der Waals surface area (Å²) in [6.45, 7) is 11.6. The molecule has 0 saturated heterocycles. The first-order valence-electron chi connectivity index (χ1n) is 10.3. The highest BCUT2D eigenvalue weighted by atomic mass is 16.9. The molecule has 1 heterocycles. The first-order chi connectivity index (χ1) is 14.8. The van der Waals surface area contributed by atoms with E-state index in [0.717, 1.165) is 10.2 Å². The lowest BCUT2D eigenvalue weighted by Gasteiger charge is -2.56. The molecular weight excluding hydrogens is 414 g/mol. The molecule has 0 aromatic rings. The molecule has 2 unspecified atom stereocenters. The van der Waals surface area contributed by atoms with Gasteiger partial charge in [0.2, 0.25) is 11.9 Å². The lowest BCUT2D eigenvalue weighted by atomic mass is 10.4. The summed E-state index contributed by atoms with van der Waals surface area (Å²) in [5.41, 5.74) is 17.2. The molecule has 0 radical (unpaired) electrons. The van der Waals surface area contributed by atoms with Crippen LogP contribution in [0.2, 0.25) is 0 Å². The van der Waals surface area contributed by atoms with E-state index in [-0.39, 0.29) is 45.6 Å². The van der Waals surface area contributed by atoms with Crippen molar-refractivity contribution in [2.75, 3.05) is 39.6 Å². The predicted octanol–water partition coefficient (Wildman–Crippen LogP) is -0.690. The Morgan fingerprint density at radius 2 is 1.65 bits per heavy atom. The second-order valence-electron chi connectivity index (χ2n) is 5.72. The molecular formula is C16H37N9O6. The monoisotopic (exact) mass is 451 g/mol. The quantitative estimate of drug-likeness (QED) is 0.0915. The third-order valence-corrected chi connectivity index (χ3v) is 3.57. The smallest absolute Gasteiger partial charge is 0.359 e. The van der Waals surface area contributed by atoms with Crippen molar-refractivity contribution in [2.24, 2.45) is 16.5 Å². The largest absolute Gasteiger partial charge is 0.369 e. The molecule has 1 aliphatic heterocycles. The topological polar surface area (TPSA) is 177 Å². The first kappa shape index (κ1) is 27.2. The number of guanidine groups is 2. The number of ether oxygens (including phenoxy) is 2. The van der Waals surface area contributed by atoms with Crippen LogP contribution < -0.4 is 22.4 Å². The minimum Gasteiger partial charge on any atom is -0.369 e. The van der Waals surface area contributed by atoms with Crippen LogP contribution in [-0.2, 0) is 28.8 Å². The molecule has 0 spiro atoms. The van der Waals surface area contributed by atoms with Gasteiger partial charge in [-0.2, -0.15) is 10.1 Å². The number of nitrogens with two attached hydrogens (primary N) is 2. The fourth-order valence-corrected chi connectivity index (χ4v) is 2.77. The molecule has 15 heteroatoms. The van der Waals surface area contributed by atoms with Gasteiger partial charge >= 0.3 is 11.9 Å². The van der Waals surface area contributed by atoms with Crippen molar-refractivity contribution in [3.8, 4) is 0 Å². The van der Waals surface area contributed by atoms with Crippen molar-refractivity contribution in [1.82, 2.24) is 26.2 Å². The van der Waals surface area contributed by atoms with Gasteiger partial charge in [-0.3, -0.25) is 30.2 Å². The van der Waals surface area contributed by atoms with E-state index in [4.69, 9.17) is 45.7 Å². The van der Waals surface area contributed by atoms with E-state index in [2.05, 4.69) is 15.9 Å². The van der Waals surface area contributed by atoms with Crippen LogP contribution in [-0.4, -0.2) is 78.8 Å². The maximum absolute atomic E-state index is 7.75. The third kappa shape index (κ3) is 5.91. The fourth-order valence-electron chi connectivity index (χ4n) is 2.77. The fraction of sp³-hybridized carbons (Fsp3) is 0.875. The van der Waals surface area contributed by atoms with Gasteiger partial charge in [-0.25, -0.2) is 0 Å². The zero-order valence-electron chi connectivity index (χ0n) is 19.1. The first-order valence-corrected chi connectivity index (χ1v) is 10.3. The van der Waals surface area contributed by atoms with Crippen molar-refractivity contribution in [3.63, 3.8) is 0 Å². The molecule has 2 atom stereocenters. The Hall–Kier alpha value is -1.82. The summed E-state index contributed by atoms with van der Waals surface area (Å²) in [6.07, 6.45) is 0. The van der Waals surface area contributed by atoms with Crippen LogP contribution in [0.25, 0.3) is 0 Å². The maximum atomic E-state index is 7.75. The van der Waals surface area contributed by atoms with Crippen molar-refractivity contribution in [3.05, 3.63) is 0 Å². The lowest BCUT2D eigenvalue weighted by Crippen LogP contribution is -2.84. The zero-order valence-corrected chi connectivity index (χ0v) is 19.1. The van der Waals surface area contributed by atoms with E-state index >= 15 is 0 Å². The third-order valence-electron chi connectivity index (χ3n) is 3.57. The highest BCUT2D eigenvalue weighted by Crippen LogP contribution is 2.38. The van der Waals surface area contributed by atoms with Crippen LogP contribution in [0.5, 0.6) is 0 Å². The highest BCUT2D eigenvalue weighted by molar-refractivity contribution is 5.78. The Labute approximate surface area is 182 Å². The summed E-state index contributed by atoms with van der Waals surface area (Å²) in [5, 5.41) is 11.1. The van der Waals surface area contributed by atoms with Gasteiger partial charge in [-0.1, -0.05) is 0 Å². The number of hydroxylamine groups is 6. The number of aliphatic imine (C=N–C) groups is 1. The Balaban J connectivity index is 3.87. The van der Waals surface area contributed by atoms with Gasteiger partial charge in [-0.15, -0.1) is 5.48 Å². The summed E-state index contributed by atoms with van der Waals surface area (Å²) < 4.78 is 12.0. The summed E-state index contributed by atoms with van der Waals surface area (Å²) in [4.78, 5) is 27.2. The normalized spacial score (nSPS) is 24.5. The van der Waals surface area contributed by atoms with Gasteiger partial charge in [0.25, 0.3) is 0 Å². The zero-order chi connectivity index (χ0) is 23.5. The van der Waals surface area contributed by atoms with Crippen LogP contribution in [0.1, 0.15) is 41.5 Å². The number of hydrogen-bond donors (Lipinski definition) is 5. The molecule has 0 aliphatic carbocycles. The summed E-state index contributed by atoms with van der Waals surface area (Å²) in [6, 6.07) is 0. The number of nitrogens with one attached hydrogen (secondary N) is 3. The molecule has 31 heavy (non-hydrogen) atoms. The Morgan fingerprint density at radius 1 is 1.00 bits per heavy atom. The molecule has 0 aromatic carbocycles. The van der Waals surface area contributed by atoms with Crippen LogP contribution in [0.15, 0.2) is 4.99 Å². The average Bonchev–Trinajstić information content (AvgIpc) is 2.72. The van der Waals surface area contributed by atoms with Crippen LogP contribution in [0.3, 0.4) is 0 Å². The summed E-state index contributed by atoms with van der Waals surface area (Å²) in [5.74, 6) is -4.36. The lowest BCUT2D eigenvalue weighted by molar-refractivity contribution is -0.555. The molecule has 0 amide bonds. The molecule has 0 aromatic heterocycles. The minimum atomic E-state index is -1.95. The van der Waals surface area contributed by atoms with Crippen LogP contribution in [0.4, 0.5) is 0 Å². The Kier molecular flexibility index (Phi) is 11.3. The van der Waals surface area contributed by atoms with Crippen molar-refractivity contribution >= 4 is 11.9 Å². The predicted molar refractivity (Wildman–Crippen MR) is 111 cm³/mol. The second kappa shape index (κ2) is 12.9. The van der Waals surface area contributed by atoms with Gasteiger partial charge in [0.05, 0.1) is 26.4 Å². The van der Waals surface area contributed by atoms with Crippen LogP contribution in [0, 0.1) is 5.41 Å². The molecule has 0 saturated carbocycles. The van der Waals surface area contributed by atoms with Gasteiger partial charge in [0.1, 0.15) is 0 Å². The number of rotatable bonds is 15. The standard InChI is InChI=1S/C16H37N9O6/c1-7-26-15(22-28-9-3)20-14(19)23(29-10-4)16(27-8-2,24(15)30-11-5)25(31-12-6)21-13(17)18/h22H,7-12H2,1-6H3,(H2,19,20)(H4,17,18,21). The van der Waals surface area contributed by atoms with Gasteiger partial charge in [0.15, 0.2) is 0 Å². The Bertz CT molecular complexity index is 586. The molecule has 0 bridgehead atoms. The van der Waals surface area contributed by atoms with E-state index in [1.54, 1.807) is 41.5 Å². The molecule has 1 aliphatic rings. The molecule has 1 rings (SSSR count). The number of hydrogen-bond acceptors (Lipinski definition) is 13. The Morgan fingerprint density at radius 3 is 2.13 bits per heavy atom. The molecule has 7 N–H and O–H groups in total. The van der Waals surface area contributed by atoms with Crippen molar-refractivity contribution in [2.45, 2.75) is 53.5 Å². The highest BCUT2D eigenvalue weighted by Gasteiger charge is 2.66. The van der Waals surface area contributed by atoms with Crippen LogP contribution >= 0.6 is 0 Å². The van der Waals surface area contributed by atoms with E-state index < -0.39 is 17.9 Å². The molecule has 0 fully saturated rings. The minimum absolute atomic E-state index is 0.125. The summed E-state index contributed by atoms with van der Waals surface area (Å²) in [7, 11) is 0. The second-order valence-corrected chi connectivity index (χ2v) is 5.72. The van der Waals surface area contributed by atoms with Gasteiger partial charge in [-0.05, 0) is 51.8 Å². The van der Waals surface area contributed by atoms with Crippen molar-refractivity contribution < 1.29 is 28.8 Å². The molecule has 182 valence electrons. The van der Waals surface area contributed by atoms with E-state index in [1.165, 1.54) is 5.06 Å². The van der Waals surface area contributed by atoms with Gasteiger partial charge < -0.3 is 20.9 Å². The number of hydrazine groups is 1. The average molecular weight is 452 g/mol. The van der Waals surface area contributed by atoms with Crippen molar-refractivity contribution in [1.29, 1.82) is 5.41 Å². The molecule has 15 nitrogen and oxygen atoms in total. The maximum Gasteiger partial charge on any atom is 0.359 e. The number of nitrogens with zero attached hydrogens (tertiary/aromatic N) is 4. The van der Waals surface area contributed by atoms with E-state index in [9.17, 15) is 0 Å². The SMILES string of the molecule is CCONC1(OCC)N=C(N)N(OCC)C(OCC)(N(NC(=N)N)OCC)N1OCC. The van der Waals surface area contributed by atoms with Gasteiger partial charge in [0, 0.05) is 13.2 Å². The summed E-state index contributed by atoms with van der Waals surface area (Å²) >= 11 is 0. The van der Waals surface area contributed by atoms with E-state index in [0.29, 0.717) is 0 Å².